The van der Waals surface area contributed by atoms with Gasteiger partial charge in [0.05, 0.1) is 12.7 Å². The highest BCUT2D eigenvalue weighted by Crippen LogP contribution is 2.72. The average molecular weight is 362 g/mol. The molecule has 1 spiro atoms. The summed E-state index contributed by atoms with van der Waals surface area (Å²) in [6, 6.07) is 0. The lowest BCUT2D eigenvalue weighted by Gasteiger charge is -2.60. The number of carbonyl (C=O) groups excluding carboxylic acids is 2. The summed E-state index contributed by atoms with van der Waals surface area (Å²) < 4.78 is 17.4. The Kier molecular flexibility index (Phi) is 3.43. The number of esters is 2. The molecule has 5 fully saturated rings. The highest BCUT2D eigenvalue weighted by Gasteiger charge is 2.76. The van der Waals surface area contributed by atoms with Crippen LogP contribution in [0.4, 0.5) is 0 Å². The second-order valence-corrected chi connectivity index (χ2v) is 10.1. The highest BCUT2D eigenvalue weighted by molar-refractivity contribution is 5.71. The van der Waals surface area contributed by atoms with Crippen LogP contribution in [0.5, 0.6) is 0 Å². The first-order valence-corrected chi connectivity index (χ1v) is 10.3. The molecule has 26 heavy (non-hydrogen) atoms. The first-order valence-electron chi connectivity index (χ1n) is 10.3. The molecule has 3 aliphatic carbocycles. The fourth-order valence-electron chi connectivity index (χ4n) is 7.43. The number of hydrogen-bond acceptors (Lipinski definition) is 5. The summed E-state index contributed by atoms with van der Waals surface area (Å²) >= 11 is 0. The van der Waals surface area contributed by atoms with Crippen molar-refractivity contribution < 1.29 is 23.8 Å². The zero-order valence-corrected chi connectivity index (χ0v) is 16.1. The number of rotatable bonds is 1. The molecule has 5 nitrogen and oxygen atoms in total. The van der Waals surface area contributed by atoms with Crippen molar-refractivity contribution in [1.29, 1.82) is 0 Å². The van der Waals surface area contributed by atoms with Crippen molar-refractivity contribution in [3.8, 4) is 0 Å². The van der Waals surface area contributed by atoms with E-state index in [4.69, 9.17) is 14.2 Å². The van der Waals surface area contributed by atoms with Gasteiger partial charge in [-0.05, 0) is 49.9 Å². The number of epoxide rings is 1. The molecule has 0 N–H and O–H groups in total. The van der Waals surface area contributed by atoms with Gasteiger partial charge >= 0.3 is 11.9 Å². The molecule has 0 unspecified atom stereocenters. The minimum absolute atomic E-state index is 0.000592. The molecule has 5 aliphatic rings. The van der Waals surface area contributed by atoms with E-state index in [1.165, 1.54) is 13.3 Å². The van der Waals surface area contributed by atoms with Crippen LogP contribution in [0.25, 0.3) is 0 Å². The Bertz CT molecular complexity index is 661. The Labute approximate surface area is 155 Å². The van der Waals surface area contributed by atoms with Gasteiger partial charge < -0.3 is 14.2 Å². The van der Waals surface area contributed by atoms with Crippen molar-refractivity contribution in [2.75, 3.05) is 6.61 Å². The third kappa shape index (κ3) is 2.12. The lowest BCUT2D eigenvalue weighted by atomic mass is 9.44. The summed E-state index contributed by atoms with van der Waals surface area (Å²) in [5.74, 6) is 1.37. The SMILES string of the molecule is CC(=O)O[C@H]1CC[C@]2(C)[C@H]3CC[C@]4(C)COC(=O)C[C@H]4[C@@H]3C[C@@H]3O[C@@]32C1. The Hall–Kier alpha value is -1.10. The van der Waals surface area contributed by atoms with Crippen LogP contribution in [0.3, 0.4) is 0 Å². The molecule has 0 radical (unpaired) electrons. The summed E-state index contributed by atoms with van der Waals surface area (Å²) in [5.41, 5.74) is 0.171. The number of carbonyl (C=O) groups is 2. The van der Waals surface area contributed by atoms with Crippen LogP contribution in [0.2, 0.25) is 0 Å². The molecule has 0 aromatic rings. The quantitative estimate of drug-likeness (QED) is 0.529. The molecule has 3 saturated carbocycles. The zero-order valence-electron chi connectivity index (χ0n) is 16.1. The van der Waals surface area contributed by atoms with Gasteiger partial charge in [-0.3, -0.25) is 9.59 Å². The van der Waals surface area contributed by atoms with E-state index >= 15 is 0 Å². The summed E-state index contributed by atoms with van der Waals surface area (Å²) in [5, 5.41) is 0. The van der Waals surface area contributed by atoms with Crippen molar-refractivity contribution in [2.24, 2.45) is 28.6 Å². The Morgan fingerprint density at radius 1 is 1.19 bits per heavy atom. The van der Waals surface area contributed by atoms with Crippen molar-refractivity contribution in [2.45, 2.75) is 83.5 Å². The molecular weight excluding hydrogens is 332 g/mol. The maximum atomic E-state index is 12.0. The number of cyclic esters (lactones) is 1. The summed E-state index contributed by atoms with van der Waals surface area (Å²) in [7, 11) is 0. The Morgan fingerprint density at radius 2 is 2.00 bits per heavy atom. The van der Waals surface area contributed by atoms with E-state index in [0.29, 0.717) is 30.8 Å². The monoisotopic (exact) mass is 362 g/mol. The first kappa shape index (κ1) is 17.0. The number of ether oxygens (including phenoxy) is 3. The van der Waals surface area contributed by atoms with Gasteiger partial charge in [0, 0.05) is 30.6 Å². The van der Waals surface area contributed by atoms with Crippen molar-refractivity contribution in [3.05, 3.63) is 0 Å². The molecule has 5 heteroatoms. The smallest absolute Gasteiger partial charge is 0.306 e. The van der Waals surface area contributed by atoms with Gasteiger partial charge in [0.1, 0.15) is 11.7 Å². The van der Waals surface area contributed by atoms with Gasteiger partial charge in [-0.25, -0.2) is 0 Å². The molecule has 0 bridgehead atoms. The first-order chi connectivity index (χ1) is 12.3. The van der Waals surface area contributed by atoms with Crippen LogP contribution in [0.15, 0.2) is 0 Å². The molecular formula is C21H30O5. The van der Waals surface area contributed by atoms with E-state index in [1.54, 1.807) is 0 Å². The molecule has 2 aliphatic heterocycles. The van der Waals surface area contributed by atoms with E-state index in [-0.39, 0.29) is 40.6 Å². The zero-order chi connectivity index (χ0) is 18.3. The molecule has 8 atom stereocenters. The molecule has 2 heterocycles. The van der Waals surface area contributed by atoms with Gasteiger partial charge in [0.2, 0.25) is 0 Å². The second kappa shape index (κ2) is 5.24. The minimum atomic E-state index is -0.185. The minimum Gasteiger partial charge on any atom is -0.465 e. The predicted molar refractivity (Wildman–Crippen MR) is 93.1 cm³/mol. The average Bonchev–Trinajstić information content (AvgIpc) is 3.27. The number of fused-ring (bicyclic) bond motifs is 4. The summed E-state index contributed by atoms with van der Waals surface area (Å²) in [6.45, 7) is 6.81. The topological polar surface area (TPSA) is 65.1 Å². The maximum Gasteiger partial charge on any atom is 0.306 e. The van der Waals surface area contributed by atoms with Crippen LogP contribution in [-0.4, -0.2) is 36.4 Å². The second-order valence-electron chi connectivity index (χ2n) is 10.1. The van der Waals surface area contributed by atoms with E-state index in [1.807, 2.05) is 0 Å². The lowest BCUT2D eigenvalue weighted by molar-refractivity contribution is -0.180. The van der Waals surface area contributed by atoms with E-state index in [9.17, 15) is 9.59 Å². The van der Waals surface area contributed by atoms with Crippen LogP contribution < -0.4 is 0 Å². The van der Waals surface area contributed by atoms with Crippen molar-refractivity contribution >= 4 is 11.9 Å². The summed E-state index contributed by atoms with van der Waals surface area (Å²) in [4.78, 5) is 23.4. The van der Waals surface area contributed by atoms with Gasteiger partial charge in [0.25, 0.3) is 0 Å². The third-order valence-corrected chi connectivity index (χ3v) is 8.84. The Morgan fingerprint density at radius 3 is 2.77 bits per heavy atom. The third-order valence-electron chi connectivity index (χ3n) is 8.84. The van der Waals surface area contributed by atoms with Crippen LogP contribution in [0, 0.1) is 28.6 Å². The standard InChI is InChI=1S/C21H30O5/c1-12(22)25-13-4-7-20(3)15-5-6-19(2)11-24-18(23)9-16(19)14(15)8-17-21(20,10-13)26-17/h13-17H,4-11H2,1-3H3/t13-,14+,15-,16-,17-,19+,20+,21-/m0/s1. The fourth-order valence-corrected chi connectivity index (χ4v) is 7.43. The van der Waals surface area contributed by atoms with Gasteiger partial charge in [-0.2, -0.15) is 0 Å². The molecule has 144 valence electrons. The van der Waals surface area contributed by atoms with E-state index in [2.05, 4.69) is 13.8 Å². The molecule has 0 aromatic carbocycles. The Balaban J connectivity index is 1.43. The van der Waals surface area contributed by atoms with Crippen LogP contribution >= 0.6 is 0 Å². The lowest BCUT2D eigenvalue weighted by Crippen LogP contribution is -2.60. The number of hydrogen-bond donors (Lipinski definition) is 0. The van der Waals surface area contributed by atoms with Gasteiger partial charge in [-0.1, -0.05) is 13.8 Å². The van der Waals surface area contributed by atoms with Crippen molar-refractivity contribution in [1.82, 2.24) is 0 Å². The van der Waals surface area contributed by atoms with Gasteiger partial charge in [-0.15, -0.1) is 0 Å². The summed E-state index contributed by atoms with van der Waals surface area (Å²) in [6.07, 6.45) is 7.06. The normalized spacial score (nSPS) is 54.7. The van der Waals surface area contributed by atoms with E-state index < -0.39 is 0 Å². The van der Waals surface area contributed by atoms with Crippen LogP contribution in [-0.2, 0) is 23.8 Å². The largest absolute Gasteiger partial charge is 0.465 e. The predicted octanol–water partition coefficient (Wildman–Crippen LogP) is 3.25. The highest BCUT2D eigenvalue weighted by atomic mass is 16.6. The van der Waals surface area contributed by atoms with Crippen molar-refractivity contribution in [3.63, 3.8) is 0 Å². The molecule has 2 saturated heterocycles. The van der Waals surface area contributed by atoms with Crippen LogP contribution in [0.1, 0.15) is 65.7 Å². The molecule has 0 aromatic heterocycles. The maximum absolute atomic E-state index is 12.0. The van der Waals surface area contributed by atoms with Gasteiger partial charge in [0.15, 0.2) is 0 Å². The molecule has 5 rings (SSSR count). The fraction of sp³-hybridized carbons (Fsp3) is 0.905. The van der Waals surface area contributed by atoms with E-state index in [0.717, 1.165) is 32.1 Å². The molecule has 0 amide bonds.